The number of ether oxygens (including phenoxy) is 1. The first-order chi connectivity index (χ1) is 8.15. The third-order valence-electron chi connectivity index (χ3n) is 2.67. The molecule has 0 saturated heterocycles. The molecule has 0 aliphatic carbocycles. The minimum Gasteiger partial charge on any atom is -0.462 e. The predicted octanol–water partition coefficient (Wildman–Crippen LogP) is 2.98. The molecule has 0 radical (unpaired) electrons. The molecule has 1 aromatic carbocycles. The molecule has 3 nitrogen and oxygen atoms in total. The highest BCUT2D eigenvalue weighted by molar-refractivity contribution is 5.85. The van der Waals surface area contributed by atoms with E-state index in [-0.39, 0.29) is 6.61 Å². The van der Waals surface area contributed by atoms with Gasteiger partial charge in [-0.25, -0.2) is 9.18 Å². The SMILES string of the molecule is CCOC(=O)C(F)n1cc(C)c2ccccc21. The van der Waals surface area contributed by atoms with Crippen LogP contribution in [-0.4, -0.2) is 17.1 Å². The zero-order chi connectivity index (χ0) is 12.4. The largest absolute Gasteiger partial charge is 0.462 e. The van der Waals surface area contributed by atoms with Gasteiger partial charge in [-0.15, -0.1) is 0 Å². The molecule has 17 heavy (non-hydrogen) atoms. The molecular formula is C13H14FNO2. The second-order valence-electron chi connectivity index (χ2n) is 3.82. The van der Waals surface area contributed by atoms with E-state index >= 15 is 0 Å². The number of rotatable bonds is 3. The summed E-state index contributed by atoms with van der Waals surface area (Å²) in [6, 6.07) is 7.39. The Balaban J connectivity index is 2.45. The van der Waals surface area contributed by atoms with Crippen LogP contribution in [0.25, 0.3) is 10.9 Å². The fraction of sp³-hybridized carbons (Fsp3) is 0.308. The van der Waals surface area contributed by atoms with Crippen molar-refractivity contribution in [2.45, 2.75) is 20.1 Å². The third kappa shape index (κ3) is 2.02. The molecule has 0 amide bonds. The van der Waals surface area contributed by atoms with Gasteiger partial charge >= 0.3 is 5.97 Å². The summed E-state index contributed by atoms with van der Waals surface area (Å²) in [7, 11) is 0. The fourth-order valence-electron chi connectivity index (χ4n) is 1.89. The van der Waals surface area contributed by atoms with Crippen molar-refractivity contribution in [3.05, 3.63) is 36.0 Å². The minimum atomic E-state index is -1.78. The van der Waals surface area contributed by atoms with Crippen LogP contribution in [-0.2, 0) is 9.53 Å². The molecule has 0 saturated carbocycles. The molecule has 0 N–H and O–H groups in total. The van der Waals surface area contributed by atoms with E-state index in [0.29, 0.717) is 5.52 Å². The van der Waals surface area contributed by atoms with Crippen LogP contribution in [0.4, 0.5) is 4.39 Å². The molecule has 1 heterocycles. The molecule has 2 rings (SSSR count). The summed E-state index contributed by atoms with van der Waals surface area (Å²) in [6.45, 7) is 3.72. The summed E-state index contributed by atoms with van der Waals surface area (Å²) < 4.78 is 19.9. The number of alkyl halides is 1. The van der Waals surface area contributed by atoms with E-state index in [9.17, 15) is 9.18 Å². The van der Waals surface area contributed by atoms with E-state index < -0.39 is 12.3 Å². The van der Waals surface area contributed by atoms with Gasteiger partial charge in [-0.2, -0.15) is 0 Å². The van der Waals surface area contributed by atoms with Crippen molar-refractivity contribution in [2.75, 3.05) is 6.61 Å². The summed E-state index contributed by atoms with van der Waals surface area (Å²) in [5.74, 6) is -0.853. The molecule has 2 aromatic rings. The first kappa shape index (κ1) is 11.6. The average Bonchev–Trinajstić information content (AvgIpc) is 2.67. The van der Waals surface area contributed by atoms with Crippen molar-refractivity contribution in [3.63, 3.8) is 0 Å². The topological polar surface area (TPSA) is 31.2 Å². The number of hydrogen-bond acceptors (Lipinski definition) is 2. The summed E-state index contributed by atoms with van der Waals surface area (Å²) >= 11 is 0. The zero-order valence-corrected chi connectivity index (χ0v) is 9.81. The van der Waals surface area contributed by atoms with Crippen molar-refractivity contribution in [2.24, 2.45) is 0 Å². The number of fused-ring (bicyclic) bond motifs is 1. The number of hydrogen-bond donors (Lipinski definition) is 0. The number of carbonyl (C=O) groups excluding carboxylic acids is 1. The van der Waals surface area contributed by atoms with Gasteiger partial charge in [0, 0.05) is 11.6 Å². The normalized spacial score (nSPS) is 12.6. The molecule has 1 unspecified atom stereocenters. The molecule has 0 fully saturated rings. The Hall–Kier alpha value is -1.84. The van der Waals surface area contributed by atoms with Crippen molar-refractivity contribution in [1.82, 2.24) is 4.57 Å². The quantitative estimate of drug-likeness (QED) is 0.766. The molecule has 4 heteroatoms. The van der Waals surface area contributed by atoms with E-state index in [1.54, 1.807) is 19.2 Å². The average molecular weight is 235 g/mol. The maximum atomic E-state index is 13.9. The lowest BCUT2D eigenvalue weighted by atomic mass is 10.2. The first-order valence-corrected chi connectivity index (χ1v) is 5.52. The summed E-state index contributed by atoms with van der Waals surface area (Å²) in [4.78, 5) is 11.4. The van der Waals surface area contributed by atoms with Gasteiger partial charge in [0.2, 0.25) is 0 Å². The Bertz CT molecular complexity index is 547. The zero-order valence-electron chi connectivity index (χ0n) is 9.81. The molecule has 0 bridgehead atoms. The van der Waals surface area contributed by atoms with Crippen LogP contribution < -0.4 is 0 Å². The molecule has 0 aliphatic heterocycles. The maximum absolute atomic E-state index is 13.9. The van der Waals surface area contributed by atoms with Crippen LogP contribution in [0.15, 0.2) is 30.5 Å². The van der Waals surface area contributed by atoms with Crippen LogP contribution in [0, 0.1) is 6.92 Å². The Morgan fingerprint density at radius 1 is 1.47 bits per heavy atom. The molecule has 1 aromatic heterocycles. The van der Waals surface area contributed by atoms with Gasteiger partial charge in [0.25, 0.3) is 6.30 Å². The third-order valence-corrected chi connectivity index (χ3v) is 2.67. The van der Waals surface area contributed by atoms with Gasteiger partial charge < -0.3 is 9.30 Å². The number of esters is 1. The van der Waals surface area contributed by atoms with Crippen LogP contribution in [0.3, 0.4) is 0 Å². The van der Waals surface area contributed by atoms with Crippen molar-refractivity contribution in [3.8, 4) is 0 Å². The second kappa shape index (κ2) is 4.57. The van der Waals surface area contributed by atoms with Gasteiger partial charge in [-0.05, 0) is 25.5 Å². The van der Waals surface area contributed by atoms with Crippen molar-refractivity contribution < 1.29 is 13.9 Å². The minimum absolute atomic E-state index is 0.178. The first-order valence-electron chi connectivity index (χ1n) is 5.52. The highest BCUT2D eigenvalue weighted by Gasteiger charge is 2.22. The Morgan fingerprint density at radius 3 is 2.88 bits per heavy atom. The highest BCUT2D eigenvalue weighted by atomic mass is 19.1. The Labute approximate surface area is 98.8 Å². The summed E-state index contributed by atoms with van der Waals surface area (Å²) in [6.07, 6.45) is -0.153. The maximum Gasteiger partial charge on any atom is 0.362 e. The lowest BCUT2D eigenvalue weighted by Gasteiger charge is -2.10. The van der Waals surface area contributed by atoms with E-state index in [1.165, 1.54) is 4.57 Å². The van der Waals surface area contributed by atoms with Gasteiger partial charge in [0.15, 0.2) is 0 Å². The van der Waals surface area contributed by atoms with E-state index in [4.69, 9.17) is 0 Å². The van der Waals surface area contributed by atoms with Crippen LogP contribution in [0.2, 0.25) is 0 Å². The number of halogens is 1. The van der Waals surface area contributed by atoms with Crippen LogP contribution in [0.5, 0.6) is 0 Å². The molecular weight excluding hydrogens is 221 g/mol. The lowest BCUT2D eigenvalue weighted by molar-refractivity contribution is -0.152. The molecule has 0 spiro atoms. The van der Waals surface area contributed by atoms with Crippen molar-refractivity contribution >= 4 is 16.9 Å². The number of aryl methyl sites for hydroxylation is 1. The van der Waals surface area contributed by atoms with Crippen molar-refractivity contribution in [1.29, 1.82) is 0 Å². The van der Waals surface area contributed by atoms with E-state index in [1.807, 2.05) is 25.1 Å². The Kier molecular flexibility index (Phi) is 3.13. The number of para-hydroxylation sites is 1. The number of nitrogens with zero attached hydrogens (tertiary/aromatic N) is 1. The second-order valence-corrected chi connectivity index (χ2v) is 3.82. The van der Waals surface area contributed by atoms with E-state index in [2.05, 4.69) is 4.74 Å². The smallest absolute Gasteiger partial charge is 0.362 e. The van der Waals surface area contributed by atoms with E-state index in [0.717, 1.165) is 10.9 Å². The molecule has 1 atom stereocenters. The van der Waals surface area contributed by atoms with Gasteiger partial charge in [0.05, 0.1) is 12.1 Å². The highest BCUT2D eigenvalue weighted by Crippen LogP contribution is 2.25. The lowest BCUT2D eigenvalue weighted by Crippen LogP contribution is -2.17. The van der Waals surface area contributed by atoms with Gasteiger partial charge in [-0.1, -0.05) is 18.2 Å². The number of aromatic nitrogens is 1. The summed E-state index contributed by atoms with van der Waals surface area (Å²) in [5.41, 5.74) is 1.64. The standard InChI is InChI=1S/C13H14FNO2/c1-3-17-13(16)12(14)15-8-9(2)10-6-4-5-7-11(10)15/h4-8,12H,3H2,1-2H3. The Morgan fingerprint density at radius 2 is 2.18 bits per heavy atom. The predicted molar refractivity (Wildman–Crippen MR) is 63.5 cm³/mol. The van der Waals surface area contributed by atoms with Crippen LogP contribution >= 0.6 is 0 Å². The van der Waals surface area contributed by atoms with Gasteiger partial charge in [0.1, 0.15) is 0 Å². The number of benzene rings is 1. The number of carbonyl (C=O) groups is 1. The molecule has 90 valence electrons. The fourth-order valence-corrected chi connectivity index (χ4v) is 1.89. The van der Waals surface area contributed by atoms with Crippen LogP contribution in [0.1, 0.15) is 18.8 Å². The van der Waals surface area contributed by atoms with Gasteiger partial charge in [-0.3, -0.25) is 0 Å². The monoisotopic (exact) mass is 235 g/mol. The summed E-state index contributed by atoms with van der Waals surface area (Å²) in [5, 5.41) is 0.944. The molecule has 0 aliphatic rings.